The molecule has 2 unspecified atom stereocenters. The number of fused-ring (bicyclic) bond motifs is 2. The molecule has 0 aliphatic carbocycles. The van der Waals surface area contributed by atoms with E-state index in [1.165, 1.54) is 25.7 Å². The average molecular weight is 215 g/mol. The van der Waals surface area contributed by atoms with Crippen molar-refractivity contribution < 1.29 is 0 Å². The van der Waals surface area contributed by atoms with Crippen LogP contribution < -0.4 is 5.32 Å². The highest BCUT2D eigenvalue weighted by Crippen LogP contribution is 2.32. The molecular formula is C9H15ClN4. The molecule has 2 aliphatic rings. The summed E-state index contributed by atoms with van der Waals surface area (Å²) in [5.74, 6) is 0. The Morgan fingerprint density at radius 3 is 2.21 bits per heavy atom. The lowest BCUT2D eigenvalue weighted by molar-refractivity contribution is 0.261. The number of aromatic nitrogens is 3. The lowest BCUT2D eigenvalue weighted by atomic mass is 10.0. The maximum Gasteiger partial charge on any atom is 0.0746 e. The molecule has 0 spiro atoms. The Morgan fingerprint density at radius 2 is 1.64 bits per heavy atom. The van der Waals surface area contributed by atoms with Gasteiger partial charge in [0.25, 0.3) is 0 Å². The molecule has 2 fully saturated rings. The maximum absolute atomic E-state index is 4.21. The van der Waals surface area contributed by atoms with Crippen LogP contribution in [0.2, 0.25) is 0 Å². The van der Waals surface area contributed by atoms with Crippen molar-refractivity contribution in [3.63, 3.8) is 0 Å². The first-order valence-electron chi connectivity index (χ1n) is 5.03. The van der Waals surface area contributed by atoms with Crippen LogP contribution in [0.25, 0.3) is 0 Å². The fourth-order valence-corrected chi connectivity index (χ4v) is 2.63. The first-order chi connectivity index (χ1) is 6.42. The molecule has 1 aromatic rings. The van der Waals surface area contributed by atoms with Gasteiger partial charge in [-0.1, -0.05) is 0 Å². The Balaban J connectivity index is 0.000000750. The zero-order valence-electron chi connectivity index (χ0n) is 7.97. The van der Waals surface area contributed by atoms with Gasteiger partial charge in [0.1, 0.15) is 0 Å². The van der Waals surface area contributed by atoms with Crippen LogP contribution in [0, 0.1) is 0 Å². The molecule has 2 aliphatic heterocycles. The minimum absolute atomic E-state index is 0. The largest absolute Gasteiger partial charge is 0.311 e. The van der Waals surface area contributed by atoms with Gasteiger partial charge in [-0.2, -0.15) is 15.0 Å². The van der Waals surface area contributed by atoms with Gasteiger partial charge >= 0.3 is 0 Å². The maximum atomic E-state index is 4.21. The molecule has 0 amide bonds. The van der Waals surface area contributed by atoms with E-state index in [1.54, 1.807) is 12.4 Å². The van der Waals surface area contributed by atoms with Crippen LogP contribution in [-0.2, 0) is 0 Å². The van der Waals surface area contributed by atoms with Crippen LogP contribution in [0.4, 0.5) is 0 Å². The fourth-order valence-electron chi connectivity index (χ4n) is 2.63. The lowest BCUT2D eigenvalue weighted by Crippen LogP contribution is -2.39. The summed E-state index contributed by atoms with van der Waals surface area (Å²) >= 11 is 0. The van der Waals surface area contributed by atoms with Crippen LogP contribution in [0.1, 0.15) is 31.7 Å². The summed E-state index contributed by atoms with van der Waals surface area (Å²) in [6, 6.07) is 1.97. The quantitative estimate of drug-likeness (QED) is 0.763. The number of nitrogens with one attached hydrogen (secondary N) is 1. The Morgan fingerprint density at radius 1 is 1.07 bits per heavy atom. The zero-order valence-corrected chi connectivity index (χ0v) is 8.78. The zero-order chi connectivity index (χ0) is 8.67. The molecule has 3 heterocycles. The molecule has 2 bridgehead atoms. The number of hydrogen-bond donors (Lipinski definition) is 1. The van der Waals surface area contributed by atoms with Gasteiger partial charge in [-0.3, -0.25) is 0 Å². The van der Waals surface area contributed by atoms with Gasteiger partial charge in [0.2, 0.25) is 0 Å². The predicted octanol–water partition coefficient (Wildman–Crippen LogP) is 1.16. The van der Waals surface area contributed by atoms with Gasteiger partial charge in [-0.15, -0.1) is 12.4 Å². The van der Waals surface area contributed by atoms with Gasteiger partial charge in [-0.05, 0) is 25.7 Å². The topological polar surface area (TPSA) is 42.7 Å². The average Bonchev–Trinajstić information content (AvgIpc) is 2.75. The standard InChI is InChI=1S/C9H14N4.ClH/c1-2-8-6-9(5-7(1)12-8)13-10-3-4-11-13;/h3-4,7-9,12H,1-2,5-6H2;1H. The molecule has 0 aromatic carbocycles. The first-order valence-corrected chi connectivity index (χ1v) is 5.03. The van der Waals surface area contributed by atoms with E-state index in [0.29, 0.717) is 6.04 Å². The van der Waals surface area contributed by atoms with Crippen molar-refractivity contribution in [2.24, 2.45) is 0 Å². The normalized spacial score (nSPS) is 35.3. The van der Waals surface area contributed by atoms with Gasteiger partial charge in [0, 0.05) is 12.1 Å². The van der Waals surface area contributed by atoms with Crippen LogP contribution >= 0.6 is 12.4 Å². The summed E-state index contributed by atoms with van der Waals surface area (Å²) in [5, 5.41) is 12.0. The number of piperidine rings is 1. The van der Waals surface area contributed by atoms with Crippen molar-refractivity contribution in [3.8, 4) is 0 Å². The van der Waals surface area contributed by atoms with E-state index in [0.717, 1.165) is 12.1 Å². The third-order valence-corrected chi connectivity index (χ3v) is 3.21. The van der Waals surface area contributed by atoms with E-state index in [-0.39, 0.29) is 12.4 Å². The second-order valence-electron chi connectivity index (χ2n) is 4.11. The summed E-state index contributed by atoms with van der Waals surface area (Å²) in [5.41, 5.74) is 0. The minimum Gasteiger partial charge on any atom is -0.311 e. The molecule has 4 nitrogen and oxygen atoms in total. The Bertz CT molecular complexity index is 275. The monoisotopic (exact) mass is 214 g/mol. The van der Waals surface area contributed by atoms with Crippen molar-refractivity contribution in [3.05, 3.63) is 12.4 Å². The highest BCUT2D eigenvalue weighted by molar-refractivity contribution is 5.85. The number of rotatable bonds is 1. The molecule has 0 saturated carbocycles. The van der Waals surface area contributed by atoms with Crippen LogP contribution in [0.15, 0.2) is 12.4 Å². The molecule has 2 saturated heterocycles. The van der Waals surface area contributed by atoms with Gasteiger partial charge in [0.15, 0.2) is 0 Å². The Labute approximate surface area is 89.5 Å². The molecule has 2 atom stereocenters. The second-order valence-corrected chi connectivity index (χ2v) is 4.11. The summed E-state index contributed by atoms with van der Waals surface area (Å²) < 4.78 is 0. The molecule has 14 heavy (non-hydrogen) atoms. The van der Waals surface area contributed by atoms with Crippen molar-refractivity contribution in [2.45, 2.75) is 43.8 Å². The van der Waals surface area contributed by atoms with Crippen molar-refractivity contribution >= 4 is 12.4 Å². The second kappa shape index (κ2) is 3.87. The summed E-state index contributed by atoms with van der Waals surface area (Å²) in [7, 11) is 0. The first kappa shape index (κ1) is 9.93. The highest BCUT2D eigenvalue weighted by atomic mass is 35.5. The van der Waals surface area contributed by atoms with Gasteiger partial charge in [0.05, 0.1) is 18.4 Å². The molecular weight excluding hydrogens is 200 g/mol. The molecule has 3 rings (SSSR count). The van der Waals surface area contributed by atoms with Crippen LogP contribution in [0.5, 0.6) is 0 Å². The number of nitrogens with zero attached hydrogens (tertiary/aromatic N) is 3. The van der Waals surface area contributed by atoms with Gasteiger partial charge in [-0.25, -0.2) is 0 Å². The highest BCUT2D eigenvalue weighted by Gasteiger charge is 2.34. The number of hydrogen-bond acceptors (Lipinski definition) is 3. The number of halogens is 1. The summed E-state index contributed by atoms with van der Waals surface area (Å²) in [6.07, 6.45) is 8.61. The fraction of sp³-hybridized carbons (Fsp3) is 0.778. The van der Waals surface area contributed by atoms with E-state index < -0.39 is 0 Å². The summed E-state index contributed by atoms with van der Waals surface area (Å²) in [6.45, 7) is 0. The molecule has 1 aromatic heterocycles. The smallest absolute Gasteiger partial charge is 0.0746 e. The Kier molecular flexibility index (Phi) is 2.74. The van der Waals surface area contributed by atoms with Crippen LogP contribution in [0.3, 0.4) is 0 Å². The van der Waals surface area contributed by atoms with Crippen molar-refractivity contribution in [1.29, 1.82) is 0 Å². The SMILES string of the molecule is Cl.c1cnn(C2CC3CCC(C2)N3)n1. The minimum atomic E-state index is 0. The van der Waals surface area contributed by atoms with Gasteiger partial charge < -0.3 is 5.32 Å². The Hall–Kier alpha value is -0.610. The molecule has 1 N–H and O–H groups in total. The molecule has 0 radical (unpaired) electrons. The van der Waals surface area contributed by atoms with Crippen LogP contribution in [-0.4, -0.2) is 27.1 Å². The van der Waals surface area contributed by atoms with E-state index in [9.17, 15) is 0 Å². The predicted molar refractivity (Wildman–Crippen MR) is 55.5 cm³/mol. The van der Waals surface area contributed by atoms with Crippen molar-refractivity contribution in [2.75, 3.05) is 0 Å². The molecule has 78 valence electrons. The van der Waals surface area contributed by atoms with E-state index in [1.807, 2.05) is 4.80 Å². The third kappa shape index (κ3) is 1.64. The summed E-state index contributed by atoms with van der Waals surface area (Å²) in [4.78, 5) is 1.88. The lowest BCUT2D eigenvalue weighted by Gasteiger charge is -2.28. The van der Waals surface area contributed by atoms with E-state index in [2.05, 4.69) is 15.5 Å². The van der Waals surface area contributed by atoms with E-state index >= 15 is 0 Å². The van der Waals surface area contributed by atoms with Crippen molar-refractivity contribution in [1.82, 2.24) is 20.3 Å². The molecule has 5 heteroatoms. The van der Waals surface area contributed by atoms with E-state index in [4.69, 9.17) is 0 Å². The third-order valence-electron chi connectivity index (χ3n) is 3.21.